The Kier molecular flexibility index (Phi) is 5.46. The molecule has 0 radical (unpaired) electrons. The van der Waals surface area contributed by atoms with Crippen LogP contribution in [0.25, 0.3) is 0 Å². The van der Waals surface area contributed by atoms with Gasteiger partial charge in [0.15, 0.2) is 0 Å². The van der Waals surface area contributed by atoms with Crippen molar-refractivity contribution >= 4 is 0 Å². The summed E-state index contributed by atoms with van der Waals surface area (Å²) in [4.78, 5) is 2.72. The quantitative estimate of drug-likeness (QED) is 0.355. The van der Waals surface area contributed by atoms with Gasteiger partial charge < -0.3 is 0 Å². The van der Waals surface area contributed by atoms with E-state index < -0.39 is 0 Å². The molecule has 0 amide bonds. The van der Waals surface area contributed by atoms with Gasteiger partial charge in [0, 0.05) is 18.5 Å². The first kappa shape index (κ1) is 18.8. The van der Waals surface area contributed by atoms with Crippen LogP contribution in [0.15, 0.2) is 121 Å². The van der Waals surface area contributed by atoms with E-state index in [-0.39, 0.29) is 6.04 Å². The highest BCUT2D eigenvalue weighted by Crippen LogP contribution is 2.48. The van der Waals surface area contributed by atoms with Gasteiger partial charge >= 0.3 is 0 Å². The Bertz CT molecular complexity index is 1010. The van der Waals surface area contributed by atoms with E-state index in [9.17, 15) is 0 Å². The lowest BCUT2D eigenvalue weighted by Crippen LogP contribution is -2.30. The molecular formula is C29H27N. The molecule has 0 saturated carbocycles. The molecule has 0 unspecified atom stereocenters. The van der Waals surface area contributed by atoms with Crippen LogP contribution in [0, 0.1) is 0 Å². The van der Waals surface area contributed by atoms with Gasteiger partial charge in [0.25, 0.3) is 0 Å². The SMILES string of the molecule is c1ccc(C(c2ccccc2)N2CC[C@@H](c3ccccc3)[C@@H]2c2ccccc2)cc1. The summed E-state index contributed by atoms with van der Waals surface area (Å²) in [6.07, 6.45) is 1.17. The molecular weight excluding hydrogens is 362 g/mol. The molecule has 0 aliphatic carbocycles. The molecule has 0 N–H and O–H groups in total. The van der Waals surface area contributed by atoms with Gasteiger partial charge in [0.1, 0.15) is 0 Å². The standard InChI is InChI=1S/C29H27N/c1-5-13-23(14-6-1)27-21-22-30(29(27)26-19-11-4-12-20-26)28(24-15-7-2-8-16-24)25-17-9-3-10-18-25/h1-20,27-29H,21-22H2/t27-,29-/m0/s1. The van der Waals surface area contributed by atoms with E-state index >= 15 is 0 Å². The zero-order valence-corrected chi connectivity index (χ0v) is 17.1. The minimum atomic E-state index is 0.242. The van der Waals surface area contributed by atoms with Crippen molar-refractivity contribution in [2.24, 2.45) is 0 Å². The Balaban J connectivity index is 1.63. The van der Waals surface area contributed by atoms with Gasteiger partial charge in [-0.2, -0.15) is 0 Å². The van der Waals surface area contributed by atoms with Crippen LogP contribution in [0.2, 0.25) is 0 Å². The van der Waals surface area contributed by atoms with Crippen LogP contribution < -0.4 is 0 Å². The van der Waals surface area contributed by atoms with E-state index in [0.29, 0.717) is 12.0 Å². The van der Waals surface area contributed by atoms with Crippen molar-refractivity contribution in [1.29, 1.82) is 0 Å². The molecule has 1 nitrogen and oxygen atoms in total. The van der Waals surface area contributed by atoms with Crippen molar-refractivity contribution in [2.45, 2.75) is 24.4 Å². The second-order valence-corrected chi connectivity index (χ2v) is 8.12. The molecule has 1 fully saturated rings. The molecule has 148 valence electrons. The summed E-state index contributed by atoms with van der Waals surface area (Å²) >= 11 is 0. The van der Waals surface area contributed by atoms with Crippen LogP contribution in [-0.4, -0.2) is 11.4 Å². The minimum absolute atomic E-state index is 0.242. The van der Waals surface area contributed by atoms with Gasteiger partial charge in [-0.05, 0) is 28.7 Å². The highest BCUT2D eigenvalue weighted by Gasteiger charge is 2.40. The fourth-order valence-corrected chi connectivity index (χ4v) is 5.08. The van der Waals surface area contributed by atoms with Crippen LogP contribution in [0.4, 0.5) is 0 Å². The first-order valence-corrected chi connectivity index (χ1v) is 10.9. The van der Waals surface area contributed by atoms with Crippen LogP contribution in [0.1, 0.15) is 46.7 Å². The first-order chi connectivity index (χ1) is 14.9. The van der Waals surface area contributed by atoms with Crippen molar-refractivity contribution in [3.8, 4) is 0 Å². The fraction of sp³-hybridized carbons (Fsp3) is 0.172. The average Bonchev–Trinajstić information content (AvgIpc) is 3.26. The van der Waals surface area contributed by atoms with Crippen LogP contribution in [0.5, 0.6) is 0 Å². The highest BCUT2D eigenvalue weighted by atomic mass is 15.2. The molecule has 30 heavy (non-hydrogen) atoms. The maximum Gasteiger partial charge on any atom is 0.0607 e. The number of hydrogen-bond acceptors (Lipinski definition) is 1. The van der Waals surface area contributed by atoms with Gasteiger partial charge in [0.2, 0.25) is 0 Å². The second-order valence-electron chi connectivity index (χ2n) is 8.12. The molecule has 1 aliphatic rings. The molecule has 0 bridgehead atoms. The lowest BCUT2D eigenvalue weighted by molar-refractivity contribution is 0.200. The molecule has 1 heterocycles. The van der Waals surface area contributed by atoms with Crippen molar-refractivity contribution in [3.05, 3.63) is 144 Å². The van der Waals surface area contributed by atoms with E-state index in [0.717, 1.165) is 6.54 Å². The average molecular weight is 390 g/mol. The number of likely N-dealkylation sites (tertiary alicyclic amines) is 1. The van der Waals surface area contributed by atoms with Crippen LogP contribution in [-0.2, 0) is 0 Å². The third-order valence-corrected chi connectivity index (χ3v) is 6.37. The van der Waals surface area contributed by atoms with Crippen molar-refractivity contribution in [2.75, 3.05) is 6.54 Å². The first-order valence-electron chi connectivity index (χ1n) is 10.9. The van der Waals surface area contributed by atoms with E-state index in [2.05, 4.69) is 126 Å². The van der Waals surface area contributed by atoms with Gasteiger partial charge in [-0.25, -0.2) is 0 Å². The Morgan fingerprint density at radius 1 is 0.533 bits per heavy atom. The van der Waals surface area contributed by atoms with Crippen LogP contribution >= 0.6 is 0 Å². The number of nitrogens with zero attached hydrogens (tertiary/aromatic N) is 1. The van der Waals surface area contributed by atoms with Crippen molar-refractivity contribution < 1.29 is 0 Å². The topological polar surface area (TPSA) is 3.24 Å². The van der Waals surface area contributed by atoms with Gasteiger partial charge in [-0.15, -0.1) is 0 Å². The van der Waals surface area contributed by atoms with Gasteiger partial charge in [-0.1, -0.05) is 121 Å². The third-order valence-electron chi connectivity index (χ3n) is 6.37. The molecule has 1 heteroatoms. The maximum atomic E-state index is 2.72. The van der Waals surface area contributed by atoms with E-state index in [4.69, 9.17) is 0 Å². The van der Waals surface area contributed by atoms with Crippen LogP contribution in [0.3, 0.4) is 0 Å². The molecule has 0 spiro atoms. The molecule has 1 saturated heterocycles. The largest absolute Gasteiger partial charge is 0.285 e. The van der Waals surface area contributed by atoms with E-state index in [1.807, 2.05) is 0 Å². The molecule has 4 aromatic rings. The molecule has 1 aliphatic heterocycles. The monoisotopic (exact) mass is 389 g/mol. The Morgan fingerprint density at radius 3 is 1.47 bits per heavy atom. The smallest absolute Gasteiger partial charge is 0.0607 e. The predicted molar refractivity (Wildman–Crippen MR) is 124 cm³/mol. The number of rotatable bonds is 5. The minimum Gasteiger partial charge on any atom is -0.285 e. The normalized spacial score (nSPS) is 19.2. The lowest BCUT2D eigenvalue weighted by Gasteiger charge is -2.36. The second kappa shape index (κ2) is 8.69. The fourth-order valence-electron chi connectivity index (χ4n) is 5.08. The summed E-state index contributed by atoms with van der Waals surface area (Å²) in [5, 5.41) is 0. The summed E-state index contributed by atoms with van der Waals surface area (Å²) < 4.78 is 0. The summed E-state index contributed by atoms with van der Waals surface area (Å²) in [5.41, 5.74) is 5.56. The zero-order valence-electron chi connectivity index (χ0n) is 17.1. The van der Waals surface area contributed by atoms with Gasteiger partial charge in [0.05, 0.1) is 6.04 Å². The molecule has 4 aromatic carbocycles. The molecule has 5 rings (SSSR count). The third kappa shape index (κ3) is 3.69. The van der Waals surface area contributed by atoms with E-state index in [1.165, 1.54) is 28.7 Å². The molecule has 0 aromatic heterocycles. The summed E-state index contributed by atoms with van der Waals surface area (Å²) in [6, 6.07) is 44.7. The van der Waals surface area contributed by atoms with Crippen molar-refractivity contribution in [3.63, 3.8) is 0 Å². The summed E-state index contributed by atoms with van der Waals surface area (Å²) in [7, 11) is 0. The predicted octanol–water partition coefficient (Wildman–Crippen LogP) is 7.01. The maximum absolute atomic E-state index is 2.72. The van der Waals surface area contributed by atoms with Gasteiger partial charge in [-0.3, -0.25) is 4.90 Å². The Hall–Kier alpha value is -3.16. The number of hydrogen-bond donors (Lipinski definition) is 0. The number of benzene rings is 4. The zero-order chi connectivity index (χ0) is 20.2. The summed E-state index contributed by atoms with van der Waals surface area (Å²) in [6.45, 7) is 1.08. The molecule has 2 atom stereocenters. The van der Waals surface area contributed by atoms with E-state index in [1.54, 1.807) is 0 Å². The highest BCUT2D eigenvalue weighted by molar-refractivity contribution is 5.36. The van der Waals surface area contributed by atoms with Crippen molar-refractivity contribution in [1.82, 2.24) is 4.90 Å². The Labute approximate surface area is 179 Å². The summed E-state index contributed by atoms with van der Waals surface area (Å²) in [5.74, 6) is 0.489. The Morgan fingerprint density at radius 2 is 0.967 bits per heavy atom. The lowest BCUT2D eigenvalue weighted by atomic mass is 9.86.